The van der Waals surface area contributed by atoms with Crippen LogP contribution in [0.2, 0.25) is 0 Å². The second-order valence-electron chi connectivity index (χ2n) is 7.66. The minimum absolute atomic E-state index is 0.507. The van der Waals surface area contributed by atoms with E-state index in [1.54, 1.807) is 27.7 Å². The molecule has 1 aromatic carbocycles. The maximum Gasteiger partial charge on any atom is 0.230 e. The zero-order valence-electron chi connectivity index (χ0n) is 18.4. The summed E-state index contributed by atoms with van der Waals surface area (Å²) >= 11 is 0. The van der Waals surface area contributed by atoms with Crippen LogP contribution in [0, 0.1) is 0 Å². The summed E-state index contributed by atoms with van der Waals surface area (Å²) in [7, 11) is 4.76. The van der Waals surface area contributed by atoms with E-state index in [4.69, 9.17) is 23.9 Å². The van der Waals surface area contributed by atoms with Gasteiger partial charge in [-0.15, -0.1) is 0 Å². The molecular formula is C22H26N6O4. The summed E-state index contributed by atoms with van der Waals surface area (Å²) in [5.41, 5.74) is 2.86. The molecule has 0 spiro atoms. The molecule has 1 fully saturated rings. The number of aromatic nitrogens is 4. The van der Waals surface area contributed by atoms with Gasteiger partial charge in [0.2, 0.25) is 11.7 Å². The van der Waals surface area contributed by atoms with Crippen molar-refractivity contribution < 1.29 is 18.9 Å². The number of ether oxygens (including phenoxy) is 4. The van der Waals surface area contributed by atoms with Crippen molar-refractivity contribution in [3.05, 3.63) is 35.9 Å². The van der Waals surface area contributed by atoms with Gasteiger partial charge < -0.3 is 33.7 Å². The molecule has 5 rings (SSSR count). The summed E-state index contributed by atoms with van der Waals surface area (Å²) in [5.74, 6) is 3.80. The number of hydrogen-bond acceptors (Lipinski definition) is 9. The molecule has 2 aliphatic heterocycles. The fourth-order valence-corrected chi connectivity index (χ4v) is 4.14. The number of fused-ring (bicyclic) bond motifs is 1. The highest BCUT2D eigenvalue weighted by atomic mass is 16.5. The van der Waals surface area contributed by atoms with E-state index in [0.29, 0.717) is 42.2 Å². The third kappa shape index (κ3) is 3.66. The molecule has 0 unspecified atom stereocenters. The van der Waals surface area contributed by atoms with Crippen molar-refractivity contribution in [3.63, 3.8) is 0 Å². The number of nitrogens with zero attached hydrogens (tertiary/aromatic N) is 5. The van der Waals surface area contributed by atoms with Crippen LogP contribution < -0.4 is 24.4 Å². The summed E-state index contributed by atoms with van der Waals surface area (Å²) in [6, 6.07) is 3.73. The lowest BCUT2D eigenvalue weighted by Gasteiger charge is -2.19. The highest BCUT2D eigenvalue weighted by Gasteiger charge is 2.25. The molecule has 2 aliphatic rings. The van der Waals surface area contributed by atoms with E-state index >= 15 is 0 Å². The minimum Gasteiger partial charge on any atom is -0.493 e. The second-order valence-corrected chi connectivity index (χ2v) is 7.66. The van der Waals surface area contributed by atoms with Crippen molar-refractivity contribution in [2.75, 3.05) is 44.6 Å². The number of benzene rings is 1. The third-order valence-corrected chi connectivity index (χ3v) is 5.73. The Morgan fingerprint density at radius 2 is 1.72 bits per heavy atom. The molecule has 10 heteroatoms. The Balaban J connectivity index is 1.43. The highest BCUT2D eigenvalue weighted by Crippen LogP contribution is 2.39. The third-order valence-electron chi connectivity index (χ3n) is 5.73. The largest absolute Gasteiger partial charge is 0.493 e. The number of imidazole rings is 1. The van der Waals surface area contributed by atoms with E-state index in [9.17, 15) is 0 Å². The molecule has 10 nitrogen and oxygen atoms in total. The van der Waals surface area contributed by atoms with Gasteiger partial charge >= 0.3 is 0 Å². The quantitative estimate of drug-likeness (QED) is 0.597. The first-order valence-electron chi connectivity index (χ1n) is 10.5. The van der Waals surface area contributed by atoms with E-state index < -0.39 is 0 Å². The molecule has 4 heterocycles. The zero-order valence-corrected chi connectivity index (χ0v) is 18.4. The van der Waals surface area contributed by atoms with Crippen molar-refractivity contribution in [2.24, 2.45) is 0 Å². The van der Waals surface area contributed by atoms with Crippen LogP contribution in [0.1, 0.15) is 24.1 Å². The van der Waals surface area contributed by atoms with Gasteiger partial charge in [-0.2, -0.15) is 4.98 Å². The Labute approximate surface area is 186 Å². The van der Waals surface area contributed by atoms with E-state index in [2.05, 4.69) is 20.2 Å². The molecule has 0 atom stereocenters. The SMILES string of the molecule is COc1cc(-n2cnc(Nc3nc4c(c(N5CCCC5)n3)COC4)c2)cc(OC)c1OC. The second kappa shape index (κ2) is 8.54. The molecule has 2 aromatic heterocycles. The van der Waals surface area contributed by atoms with Crippen LogP contribution in [-0.2, 0) is 18.0 Å². The lowest BCUT2D eigenvalue weighted by Crippen LogP contribution is -2.21. The van der Waals surface area contributed by atoms with E-state index in [1.807, 2.05) is 22.9 Å². The molecule has 0 amide bonds. The topological polar surface area (TPSA) is 95.8 Å². The van der Waals surface area contributed by atoms with Crippen LogP contribution in [0.3, 0.4) is 0 Å². The zero-order chi connectivity index (χ0) is 22.1. The molecular weight excluding hydrogens is 412 g/mol. The van der Waals surface area contributed by atoms with Gasteiger partial charge in [-0.1, -0.05) is 0 Å². The van der Waals surface area contributed by atoms with Gasteiger partial charge in [-0.05, 0) is 12.8 Å². The van der Waals surface area contributed by atoms with Gasteiger partial charge in [0.1, 0.15) is 12.1 Å². The van der Waals surface area contributed by atoms with Crippen LogP contribution in [0.4, 0.5) is 17.6 Å². The van der Waals surface area contributed by atoms with Crippen LogP contribution in [-0.4, -0.2) is 53.9 Å². The molecule has 32 heavy (non-hydrogen) atoms. The first-order chi connectivity index (χ1) is 15.7. The smallest absolute Gasteiger partial charge is 0.230 e. The average Bonchev–Trinajstić information content (AvgIpc) is 3.59. The Bertz CT molecular complexity index is 1100. The number of methoxy groups -OCH3 is 3. The number of anilines is 3. The predicted octanol–water partition coefficient (Wildman–Crippen LogP) is 3.06. The first kappa shape index (κ1) is 20.4. The van der Waals surface area contributed by atoms with Crippen LogP contribution in [0.15, 0.2) is 24.7 Å². The number of nitrogens with one attached hydrogen (secondary N) is 1. The molecule has 0 saturated carbocycles. The van der Waals surface area contributed by atoms with Gasteiger partial charge in [0.05, 0.1) is 52.1 Å². The summed E-state index contributed by atoms with van der Waals surface area (Å²) < 4.78 is 23.8. The van der Waals surface area contributed by atoms with Crippen molar-refractivity contribution in [1.82, 2.24) is 19.5 Å². The summed E-state index contributed by atoms with van der Waals surface area (Å²) in [4.78, 5) is 16.3. The van der Waals surface area contributed by atoms with Gasteiger partial charge in [0, 0.05) is 30.8 Å². The van der Waals surface area contributed by atoms with E-state index in [-0.39, 0.29) is 0 Å². The van der Waals surface area contributed by atoms with Gasteiger partial charge in [0.15, 0.2) is 17.3 Å². The monoisotopic (exact) mass is 438 g/mol. The summed E-state index contributed by atoms with van der Waals surface area (Å²) in [6.07, 6.45) is 5.94. The normalized spacial score (nSPS) is 15.0. The summed E-state index contributed by atoms with van der Waals surface area (Å²) in [6.45, 7) is 3.10. The lowest BCUT2D eigenvalue weighted by atomic mass is 10.2. The van der Waals surface area contributed by atoms with Crippen LogP contribution in [0.25, 0.3) is 5.69 Å². The van der Waals surface area contributed by atoms with Crippen molar-refractivity contribution >= 4 is 17.6 Å². The van der Waals surface area contributed by atoms with Gasteiger partial charge in [-0.3, -0.25) is 0 Å². The number of rotatable bonds is 7. The predicted molar refractivity (Wildman–Crippen MR) is 118 cm³/mol. The first-order valence-corrected chi connectivity index (χ1v) is 10.5. The van der Waals surface area contributed by atoms with Gasteiger partial charge in [-0.25, -0.2) is 9.97 Å². The maximum atomic E-state index is 5.63. The van der Waals surface area contributed by atoms with Crippen molar-refractivity contribution in [2.45, 2.75) is 26.1 Å². The van der Waals surface area contributed by atoms with Crippen molar-refractivity contribution in [3.8, 4) is 22.9 Å². The molecule has 3 aromatic rings. The Morgan fingerprint density at radius 1 is 0.969 bits per heavy atom. The van der Waals surface area contributed by atoms with Crippen LogP contribution in [0.5, 0.6) is 17.2 Å². The molecule has 1 saturated heterocycles. The molecule has 0 aliphatic carbocycles. The molecule has 1 N–H and O–H groups in total. The molecule has 0 bridgehead atoms. The van der Waals surface area contributed by atoms with Gasteiger partial charge in [0.25, 0.3) is 0 Å². The average molecular weight is 438 g/mol. The van der Waals surface area contributed by atoms with Crippen LogP contribution >= 0.6 is 0 Å². The standard InChI is InChI=1S/C22H26N6O4/c1-29-17-8-14(9-18(30-2)20(17)31-3)28-10-19(23-13-28)25-22-24-16-12-32-11-15(16)21(26-22)27-6-4-5-7-27/h8-10,13H,4-7,11-12H2,1-3H3,(H,24,25,26). The van der Waals surface area contributed by atoms with E-state index in [1.165, 1.54) is 12.8 Å². The highest BCUT2D eigenvalue weighted by molar-refractivity contribution is 5.60. The fourth-order valence-electron chi connectivity index (χ4n) is 4.14. The number of hydrogen-bond donors (Lipinski definition) is 1. The van der Waals surface area contributed by atoms with Crippen molar-refractivity contribution in [1.29, 1.82) is 0 Å². The van der Waals surface area contributed by atoms with E-state index in [0.717, 1.165) is 35.9 Å². The maximum absolute atomic E-state index is 5.63. The molecule has 168 valence electrons. The Morgan fingerprint density at radius 3 is 2.41 bits per heavy atom. The molecule has 0 radical (unpaired) electrons. The summed E-state index contributed by atoms with van der Waals surface area (Å²) in [5, 5.41) is 3.24. The fraction of sp³-hybridized carbons (Fsp3) is 0.409. The minimum atomic E-state index is 0.507. The Hall–Kier alpha value is -3.53. The Kier molecular flexibility index (Phi) is 5.44. The lowest BCUT2D eigenvalue weighted by molar-refractivity contribution is 0.133.